The van der Waals surface area contributed by atoms with E-state index in [9.17, 15) is 27.6 Å². The Morgan fingerprint density at radius 2 is 1.77 bits per heavy atom. The van der Waals surface area contributed by atoms with E-state index in [0.29, 0.717) is 11.3 Å². The Balaban J connectivity index is 2.12. The molecule has 2 aromatic carbocycles. The first-order chi connectivity index (χ1) is 18.7. The summed E-state index contributed by atoms with van der Waals surface area (Å²) in [6, 6.07) is 11.7. The summed E-state index contributed by atoms with van der Waals surface area (Å²) in [7, 11) is 0.960. The van der Waals surface area contributed by atoms with Crippen LogP contribution in [0.1, 0.15) is 44.7 Å². The van der Waals surface area contributed by atoms with Gasteiger partial charge in [0.05, 0.1) is 31.2 Å². The predicted octanol–water partition coefficient (Wildman–Crippen LogP) is 5.70. The Hall–Kier alpha value is -4.22. The maximum atomic E-state index is 13.9. The summed E-state index contributed by atoms with van der Waals surface area (Å²) in [6.45, 7) is 6.24. The molecule has 12 heteroatoms. The number of amides is 1. The van der Waals surface area contributed by atoms with Gasteiger partial charge in [-0.3, -0.25) is 9.69 Å². The SMILES string of the molecule is COC(=O)C=C(Nc1cc2c(cc1OCc1ccccc1)N(C(=O)OC(C)(C)C)CC2COC(C)=O)C(F)(F)F. The van der Waals surface area contributed by atoms with E-state index >= 15 is 0 Å². The number of allylic oxidation sites excluding steroid dienone is 1. The number of hydrogen-bond donors (Lipinski definition) is 1. The largest absolute Gasteiger partial charge is 0.487 e. The van der Waals surface area contributed by atoms with E-state index < -0.39 is 41.4 Å². The average molecular weight is 565 g/mol. The normalized spacial score (nSPS) is 15.2. The number of fused-ring (bicyclic) bond motifs is 1. The Labute approximate surface area is 229 Å². The quantitative estimate of drug-likeness (QED) is 0.248. The number of esters is 2. The van der Waals surface area contributed by atoms with Crippen LogP contribution in [0.2, 0.25) is 0 Å². The number of alkyl halides is 3. The van der Waals surface area contributed by atoms with Crippen LogP contribution in [0.3, 0.4) is 0 Å². The number of nitrogens with zero attached hydrogens (tertiary/aromatic N) is 1. The van der Waals surface area contributed by atoms with Crippen LogP contribution >= 0.6 is 0 Å². The number of hydrogen-bond acceptors (Lipinski definition) is 8. The van der Waals surface area contributed by atoms with Gasteiger partial charge >= 0.3 is 24.2 Å². The highest BCUT2D eigenvalue weighted by molar-refractivity contribution is 5.93. The molecule has 1 atom stereocenters. The Kier molecular flexibility index (Phi) is 9.33. The molecular formula is C28H31F3N2O7. The van der Waals surface area contributed by atoms with E-state index in [1.165, 1.54) is 24.0 Å². The van der Waals surface area contributed by atoms with E-state index in [1.807, 2.05) is 0 Å². The lowest BCUT2D eigenvalue weighted by molar-refractivity contribution is -0.141. The lowest BCUT2D eigenvalue weighted by Gasteiger charge is -2.25. The molecule has 1 heterocycles. The van der Waals surface area contributed by atoms with Crippen LogP contribution in [-0.4, -0.2) is 50.1 Å². The first kappa shape index (κ1) is 30.3. The van der Waals surface area contributed by atoms with Crippen LogP contribution in [0.5, 0.6) is 5.75 Å². The number of carbonyl (C=O) groups excluding carboxylic acids is 3. The maximum absolute atomic E-state index is 13.9. The number of ether oxygens (including phenoxy) is 4. The minimum Gasteiger partial charge on any atom is -0.487 e. The molecule has 1 aliphatic heterocycles. The number of rotatable bonds is 8. The van der Waals surface area contributed by atoms with Crippen molar-refractivity contribution in [1.29, 1.82) is 0 Å². The molecule has 1 aliphatic rings. The number of carbonyl (C=O) groups is 3. The van der Waals surface area contributed by atoms with Crippen molar-refractivity contribution in [3.63, 3.8) is 0 Å². The van der Waals surface area contributed by atoms with Gasteiger partial charge in [-0.1, -0.05) is 30.3 Å². The summed E-state index contributed by atoms with van der Waals surface area (Å²) in [5.74, 6) is -2.37. The molecule has 9 nitrogen and oxygen atoms in total. The van der Waals surface area contributed by atoms with Crippen molar-refractivity contribution >= 4 is 29.4 Å². The van der Waals surface area contributed by atoms with Crippen molar-refractivity contribution in [2.24, 2.45) is 0 Å². The van der Waals surface area contributed by atoms with Gasteiger partial charge in [0.1, 0.15) is 23.7 Å². The summed E-state index contributed by atoms with van der Waals surface area (Å²) in [4.78, 5) is 37.6. The van der Waals surface area contributed by atoms with Gasteiger partial charge in [0.25, 0.3) is 0 Å². The highest BCUT2D eigenvalue weighted by Gasteiger charge is 2.39. The molecule has 0 spiro atoms. The first-order valence-electron chi connectivity index (χ1n) is 12.3. The van der Waals surface area contributed by atoms with Crippen molar-refractivity contribution in [3.05, 3.63) is 65.4 Å². The molecule has 40 heavy (non-hydrogen) atoms. The lowest BCUT2D eigenvalue weighted by atomic mass is 10.0. The summed E-state index contributed by atoms with van der Waals surface area (Å²) < 4.78 is 62.6. The maximum Gasteiger partial charge on any atom is 0.431 e. The van der Waals surface area contributed by atoms with Gasteiger partial charge in [-0.25, -0.2) is 9.59 Å². The minimum absolute atomic E-state index is 0.000310. The fourth-order valence-corrected chi connectivity index (χ4v) is 3.88. The van der Waals surface area contributed by atoms with Crippen LogP contribution in [0.15, 0.2) is 54.2 Å². The number of methoxy groups -OCH3 is 1. The molecule has 0 fully saturated rings. The standard InChI is InChI=1S/C28H31F3N2O7/c1-17(34)38-16-19-14-33(26(36)40-27(2,3)4)22-12-23(39-15-18-9-7-6-8-10-18)21(11-20(19)22)32-24(28(29,30)31)13-25(35)37-5/h6-13,19,32H,14-16H2,1-5H3. The highest BCUT2D eigenvalue weighted by atomic mass is 19.4. The zero-order chi connectivity index (χ0) is 29.7. The van der Waals surface area contributed by atoms with E-state index in [0.717, 1.165) is 12.7 Å². The van der Waals surface area contributed by atoms with Crippen molar-refractivity contribution in [2.75, 3.05) is 30.5 Å². The molecule has 216 valence electrons. The lowest BCUT2D eigenvalue weighted by Crippen LogP contribution is -2.36. The van der Waals surface area contributed by atoms with E-state index in [-0.39, 0.29) is 37.3 Å². The molecule has 3 rings (SSSR count). The molecule has 0 saturated heterocycles. The van der Waals surface area contributed by atoms with Gasteiger partial charge in [-0.15, -0.1) is 0 Å². The van der Waals surface area contributed by atoms with Gasteiger partial charge in [-0.05, 0) is 38.0 Å². The third-order valence-electron chi connectivity index (χ3n) is 5.64. The Morgan fingerprint density at radius 1 is 1.10 bits per heavy atom. The molecule has 0 aromatic heterocycles. The predicted molar refractivity (Wildman–Crippen MR) is 140 cm³/mol. The average Bonchev–Trinajstić information content (AvgIpc) is 3.22. The van der Waals surface area contributed by atoms with Gasteiger partial charge in [-0.2, -0.15) is 13.2 Å². The fourth-order valence-electron chi connectivity index (χ4n) is 3.88. The molecule has 0 radical (unpaired) electrons. The number of halogens is 3. The molecular weight excluding hydrogens is 533 g/mol. The monoisotopic (exact) mass is 564 g/mol. The van der Waals surface area contributed by atoms with Crippen molar-refractivity contribution in [2.45, 2.75) is 52.0 Å². The molecule has 2 aromatic rings. The molecule has 0 bridgehead atoms. The molecule has 1 unspecified atom stereocenters. The number of nitrogens with one attached hydrogen (secondary N) is 1. The molecule has 0 aliphatic carbocycles. The van der Waals surface area contributed by atoms with Gasteiger partial charge in [0.2, 0.25) is 0 Å². The topological polar surface area (TPSA) is 103 Å². The van der Waals surface area contributed by atoms with Gasteiger partial charge in [0.15, 0.2) is 0 Å². The summed E-state index contributed by atoms with van der Waals surface area (Å²) in [6.07, 6.45) is -5.34. The second-order valence-electron chi connectivity index (χ2n) is 9.98. The van der Waals surface area contributed by atoms with E-state index in [1.54, 1.807) is 51.1 Å². The second kappa shape index (κ2) is 12.3. The second-order valence-corrected chi connectivity index (χ2v) is 9.98. The van der Waals surface area contributed by atoms with Crippen LogP contribution in [0.4, 0.5) is 29.3 Å². The zero-order valence-corrected chi connectivity index (χ0v) is 22.8. The molecule has 0 saturated carbocycles. The third-order valence-corrected chi connectivity index (χ3v) is 5.64. The van der Waals surface area contributed by atoms with Crippen molar-refractivity contribution in [3.8, 4) is 5.75 Å². The van der Waals surface area contributed by atoms with Crippen LogP contribution in [0.25, 0.3) is 0 Å². The van der Waals surface area contributed by atoms with Gasteiger partial charge < -0.3 is 24.3 Å². The number of benzene rings is 2. The van der Waals surface area contributed by atoms with Crippen LogP contribution in [-0.2, 0) is 30.4 Å². The molecule has 1 N–H and O–H groups in total. The summed E-state index contributed by atoms with van der Waals surface area (Å²) >= 11 is 0. The third kappa shape index (κ3) is 8.14. The van der Waals surface area contributed by atoms with E-state index in [4.69, 9.17) is 14.2 Å². The van der Waals surface area contributed by atoms with E-state index in [2.05, 4.69) is 10.1 Å². The summed E-state index contributed by atoms with van der Waals surface area (Å²) in [5, 5.41) is 2.25. The Bertz CT molecular complexity index is 1270. The Morgan fingerprint density at radius 3 is 2.35 bits per heavy atom. The molecule has 1 amide bonds. The smallest absolute Gasteiger partial charge is 0.431 e. The minimum atomic E-state index is -4.94. The number of anilines is 2. The van der Waals surface area contributed by atoms with Crippen LogP contribution < -0.4 is 15.0 Å². The van der Waals surface area contributed by atoms with Gasteiger partial charge in [0, 0.05) is 25.5 Å². The fraction of sp³-hybridized carbons (Fsp3) is 0.393. The first-order valence-corrected chi connectivity index (χ1v) is 12.3. The zero-order valence-electron chi connectivity index (χ0n) is 22.8. The van der Waals surface area contributed by atoms with Crippen molar-refractivity contribution < 1.29 is 46.5 Å². The van der Waals surface area contributed by atoms with Crippen LogP contribution in [0, 0.1) is 0 Å². The highest BCUT2D eigenvalue weighted by Crippen LogP contribution is 2.44. The summed E-state index contributed by atoms with van der Waals surface area (Å²) in [5.41, 5.74) is -0.846. The van der Waals surface area contributed by atoms with Crippen molar-refractivity contribution in [1.82, 2.24) is 0 Å².